The number of anilines is 1. The summed E-state index contributed by atoms with van der Waals surface area (Å²) < 4.78 is 1.73. The van der Waals surface area contributed by atoms with E-state index in [0.717, 1.165) is 12.2 Å². The second kappa shape index (κ2) is 5.46. The Morgan fingerprint density at radius 1 is 1.40 bits per heavy atom. The second-order valence-electron chi connectivity index (χ2n) is 6.18. The van der Waals surface area contributed by atoms with Gasteiger partial charge in [0.05, 0.1) is 11.4 Å². The smallest absolute Gasteiger partial charge is 0.274 e. The van der Waals surface area contributed by atoms with Crippen molar-refractivity contribution in [2.45, 2.75) is 53.6 Å². The Bertz CT molecular complexity index is 508. The molecular formula is C15H26N4O. The number of nitrogens with two attached hydrogens (primary N) is 1. The fourth-order valence-electron chi connectivity index (χ4n) is 3.17. The van der Waals surface area contributed by atoms with Crippen molar-refractivity contribution < 1.29 is 4.79 Å². The lowest BCUT2D eigenvalue weighted by atomic mass is 9.86. The number of likely N-dealkylation sites (tertiary alicyclic amines) is 1. The van der Waals surface area contributed by atoms with Crippen LogP contribution < -0.4 is 5.73 Å². The number of carbonyl (C=O) groups is 1. The monoisotopic (exact) mass is 278 g/mol. The molecule has 3 atom stereocenters. The summed E-state index contributed by atoms with van der Waals surface area (Å²) in [5.74, 6) is 1.07. The molecule has 0 aliphatic carbocycles. The molecule has 1 aromatic rings. The van der Waals surface area contributed by atoms with Gasteiger partial charge in [-0.3, -0.25) is 9.48 Å². The number of piperidine rings is 1. The molecule has 1 aromatic heterocycles. The fraction of sp³-hybridized carbons (Fsp3) is 0.733. The third kappa shape index (κ3) is 2.41. The molecule has 1 aliphatic heterocycles. The first kappa shape index (κ1) is 14.9. The van der Waals surface area contributed by atoms with Crippen molar-refractivity contribution in [3.63, 3.8) is 0 Å². The highest BCUT2D eigenvalue weighted by atomic mass is 16.2. The minimum absolute atomic E-state index is 0.0239. The van der Waals surface area contributed by atoms with E-state index < -0.39 is 0 Å². The van der Waals surface area contributed by atoms with Gasteiger partial charge in [-0.25, -0.2) is 0 Å². The van der Waals surface area contributed by atoms with Crippen LogP contribution in [0.25, 0.3) is 0 Å². The number of aryl methyl sites for hydroxylation is 2. The molecule has 20 heavy (non-hydrogen) atoms. The van der Waals surface area contributed by atoms with Crippen molar-refractivity contribution in [3.05, 3.63) is 11.4 Å². The molecule has 112 valence electrons. The summed E-state index contributed by atoms with van der Waals surface area (Å²) in [7, 11) is 0. The van der Waals surface area contributed by atoms with Crippen LogP contribution in [0.15, 0.2) is 0 Å². The van der Waals surface area contributed by atoms with Crippen LogP contribution in [0.4, 0.5) is 5.69 Å². The molecule has 1 aliphatic rings. The number of carbonyl (C=O) groups excluding carboxylic acids is 1. The van der Waals surface area contributed by atoms with E-state index in [1.807, 2.05) is 18.7 Å². The van der Waals surface area contributed by atoms with E-state index in [9.17, 15) is 4.79 Å². The first-order valence-corrected chi connectivity index (χ1v) is 7.50. The summed E-state index contributed by atoms with van der Waals surface area (Å²) >= 11 is 0. The minimum atomic E-state index is 0.0239. The van der Waals surface area contributed by atoms with Gasteiger partial charge in [-0.1, -0.05) is 13.8 Å². The van der Waals surface area contributed by atoms with Gasteiger partial charge in [-0.15, -0.1) is 0 Å². The van der Waals surface area contributed by atoms with Crippen LogP contribution in [-0.2, 0) is 6.54 Å². The zero-order chi connectivity index (χ0) is 15.0. The summed E-state index contributed by atoms with van der Waals surface area (Å²) in [5.41, 5.74) is 7.88. The third-order valence-corrected chi connectivity index (χ3v) is 4.53. The van der Waals surface area contributed by atoms with E-state index in [2.05, 4.69) is 25.9 Å². The van der Waals surface area contributed by atoms with Crippen molar-refractivity contribution in [1.82, 2.24) is 14.7 Å². The fourth-order valence-corrected chi connectivity index (χ4v) is 3.17. The van der Waals surface area contributed by atoms with Gasteiger partial charge in [0, 0.05) is 19.1 Å². The van der Waals surface area contributed by atoms with Gasteiger partial charge in [-0.05, 0) is 39.0 Å². The van der Waals surface area contributed by atoms with Crippen molar-refractivity contribution in [2.24, 2.45) is 11.8 Å². The van der Waals surface area contributed by atoms with E-state index in [0.29, 0.717) is 29.8 Å². The highest BCUT2D eigenvalue weighted by molar-refractivity contribution is 5.98. The van der Waals surface area contributed by atoms with Gasteiger partial charge in [0.2, 0.25) is 0 Å². The predicted molar refractivity (Wildman–Crippen MR) is 80.5 cm³/mol. The predicted octanol–water partition coefficient (Wildman–Crippen LogP) is 2.30. The summed E-state index contributed by atoms with van der Waals surface area (Å²) in [4.78, 5) is 14.9. The molecule has 0 saturated carbocycles. The third-order valence-electron chi connectivity index (χ3n) is 4.53. The van der Waals surface area contributed by atoms with Gasteiger partial charge < -0.3 is 10.6 Å². The average molecular weight is 278 g/mol. The van der Waals surface area contributed by atoms with E-state index in [-0.39, 0.29) is 11.9 Å². The topological polar surface area (TPSA) is 64.2 Å². The number of hydrogen-bond donors (Lipinski definition) is 1. The molecule has 5 nitrogen and oxygen atoms in total. The van der Waals surface area contributed by atoms with E-state index >= 15 is 0 Å². The van der Waals surface area contributed by atoms with Crippen LogP contribution in [-0.4, -0.2) is 33.2 Å². The lowest BCUT2D eigenvalue weighted by Crippen LogP contribution is -2.49. The number of hydrogen-bond acceptors (Lipinski definition) is 3. The average Bonchev–Trinajstić information content (AvgIpc) is 2.68. The summed E-state index contributed by atoms with van der Waals surface area (Å²) in [6.07, 6.45) is 1.17. The largest absolute Gasteiger partial charge is 0.395 e. The normalized spacial score (nSPS) is 26.9. The summed E-state index contributed by atoms with van der Waals surface area (Å²) in [6.45, 7) is 11.8. The first-order valence-electron chi connectivity index (χ1n) is 7.50. The van der Waals surface area contributed by atoms with Gasteiger partial charge in [0.25, 0.3) is 5.91 Å². The molecule has 0 bridgehead atoms. The zero-order valence-corrected chi connectivity index (χ0v) is 13.2. The quantitative estimate of drug-likeness (QED) is 0.902. The molecule has 5 heteroatoms. The van der Waals surface area contributed by atoms with E-state index in [1.54, 1.807) is 4.68 Å². The summed E-state index contributed by atoms with van der Waals surface area (Å²) in [5, 5.41) is 4.35. The molecule has 2 rings (SSSR count). The van der Waals surface area contributed by atoms with Crippen molar-refractivity contribution in [2.75, 3.05) is 12.3 Å². The second-order valence-corrected chi connectivity index (χ2v) is 6.18. The Morgan fingerprint density at radius 2 is 2.05 bits per heavy atom. The standard InChI is InChI=1S/C15H26N4O/c1-6-19-14(13(16)11(4)17-19)15(20)18-8-9(2)7-10(3)12(18)5/h9-10,12H,6-8,16H2,1-5H3. The van der Waals surface area contributed by atoms with Gasteiger partial charge >= 0.3 is 0 Å². The van der Waals surface area contributed by atoms with Crippen molar-refractivity contribution in [3.8, 4) is 0 Å². The first-order chi connectivity index (χ1) is 9.36. The molecule has 3 unspecified atom stereocenters. The lowest BCUT2D eigenvalue weighted by molar-refractivity contribution is 0.0445. The molecule has 2 N–H and O–H groups in total. The van der Waals surface area contributed by atoms with Crippen LogP contribution in [0, 0.1) is 18.8 Å². The molecule has 0 spiro atoms. The maximum atomic E-state index is 12.9. The van der Waals surface area contributed by atoms with E-state index in [4.69, 9.17) is 5.73 Å². The molecule has 1 saturated heterocycles. The Labute approximate surface area is 121 Å². The maximum absolute atomic E-state index is 12.9. The van der Waals surface area contributed by atoms with Crippen LogP contribution in [0.5, 0.6) is 0 Å². The summed E-state index contributed by atoms with van der Waals surface area (Å²) in [6, 6.07) is 0.249. The molecule has 0 aromatic carbocycles. The molecule has 2 heterocycles. The van der Waals surface area contributed by atoms with E-state index in [1.165, 1.54) is 6.42 Å². The van der Waals surface area contributed by atoms with Gasteiger partial charge in [-0.2, -0.15) is 5.10 Å². The van der Waals surface area contributed by atoms with Crippen LogP contribution in [0.2, 0.25) is 0 Å². The van der Waals surface area contributed by atoms with Crippen molar-refractivity contribution >= 4 is 11.6 Å². The number of amides is 1. The molecule has 1 fully saturated rings. The SMILES string of the molecule is CCn1nc(C)c(N)c1C(=O)N1CC(C)CC(C)C1C. The van der Waals surface area contributed by atoms with Crippen LogP contribution in [0.3, 0.4) is 0 Å². The Hall–Kier alpha value is -1.52. The van der Waals surface area contributed by atoms with Crippen LogP contribution in [0.1, 0.15) is 50.3 Å². The lowest BCUT2D eigenvalue weighted by Gasteiger charge is -2.41. The highest BCUT2D eigenvalue weighted by Gasteiger charge is 2.34. The molecule has 0 radical (unpaired) electrons. The molecular weight excluding hydrogens is 252 g/mol. The Morgan fingerprint density at radius 3 is 2.65 bits per heavy atom. The Balaban J connectivity index is 2.35. The Kier molecular flexibility index (Phi) is 4.06. The minimum Gasteiger partial charge on any atom is -0.395 e. The van der Waals surface area contributed by atoms with Crippen molar-refractivity contribution in [1.29, 1.82) is 0 Å². The number of aromatic nitrogens is 2. The molecule has 1 amide bonds. The van der Waals surface area contributed by atoms with Crippen LogP contribution >= 0.6 is 0 Å². The number of nitrogens with zero attached hydrogens (tertiary/aromatic N) is 3. The van der Waals surface area contributed by atoms with Gasteiger partial charge in [0.15, 0.2) is 0 Å². The van der Waals surface area contributed by atoms with Gasteiger partial charge in [0.1, 0.15) is 5.69 Å². The number of nitrogen functional groups attached to an aromatic ring is 1. The maximum Gasteiger partial charge on any atom is 0.274 e. The number of rotatable bonds is 2. The zero-order valence-electron chi connectivity index (χ0n) is 13.2. The highest BCUT2D eigenvalue weighted by Crippen LogP contribution is 2.29.